The monoisotopic (exact) mass is 350 g/mol. The Bertz CT molecular complexity index is 941. The van der Waals surface area contributed by atoms with Crippen LogP contribution in [0.4, 0.5) is 11.6 Å². The summed E-state index contributed by atoms with van der Waals surface area (Å²) < 4.78 is 1.96. The van der Waals surface area contributed by atoms with E-state index in [-0.39, 0.29) is 0 Å². The van der Waals surface area contributed by atoms with Gasteiger partial charge < -0.3 is 21.2 Å². The molecular formula is C18H22N8. The van der Waals surface area contributed by atoms with Crippen molar-refractivity contribution in [3.05, 3.63) is 54.4 Å². The molecule has 0 aromatic carbocycles. The summed E-state index contributed by atoms with van der Waals surface area (Å²) in [6.07, 6.45) is 11.4. The van der Waals surface area contributed by atoms with Gasteiger partial charge >= 0.3 is 0 Å². The van der Waals surface area contributed by atoms with Crippen LogP contribution in [-0.4, -0.2) is 32.1 Å². The van der Waals surface area contributed by atoms with Gasteiger partial charge in [0.1, 0.15) is 5.65 Å². The lowest BCUT2D eigenvalue weighted by Gasteiger charge is -2.10. The first-order valence-corrected chi connectivity index (χ1v) is 8.41. The van der Waals surface area contributed by atoms with E-state index in [2.05, 4.69) is 32.2 Å². The summed E-state index contributed by atoms with van der Waals surface area (Å²) in [5.74, 6) is 0.843. The summed E-state index contributed by atoms with van der Waals surface area (Å²) in [6, 6.07) is 3.97. The van der Waals surface area contributed by atoms with Gasteiger partial charge in [-0.25, -0.2) is 15.0 Å². The van der Waals surface area contributed by atoms with Crippen LogP contribution in [0.3, 0.4) is 0 Å². The molecule has 0 aliphatic rings. The standard InChI is InChI=1S/C18H22N8/c1-2-5-21-10-14(8-19)15-11-23-17(20)18(25-15)24-9-13-3-4-16-22-6-7-26(16)12-13/h3-4,6-8,10-12H,2,5,9,19H2,1H3,(H2,20,23)(H,24,25). The molecule has 0 amide bonds. The molecule has 3 aromatic rings. The molecule has 3 rings (SSSR count). The van der Waals surface area contributed by atoms with Crippen molar-refractivity contribution < 1.29 is 0 Å². The SMILES string of the molecule is CCCN=CC(=CN)c1cnc(N)c(NCc2ccc3nccn3c2)n1. The molecule has 0 saturated heterocycles. The first kappa shape index (κ1) is 17.4. The molecule has 8 heteroatoms. The van der Waals surface area contributed by atoms with Crippen LogP contribution in [0.15, 0.2) is 48.1 Å². The summed E-state index contributed by atoms with van der Waals surface area (Å²) in [6.45, 7) is 3.36. The highest BCUT2D eigenvalue weighted by atomic mass is 15.1. The van der Waals surface area contributed by atoms with E-state index in [1.807, 2.05) is 28.9 Å². The minimum absolute atomic E-state index is 0.333. The molecular weight excluding hydrogens is 328 g/mol. The number of rotatable bonds is 7. The number of anilines is 2. The fourth-order valence-corrected chi connectivity index (χ4v) is 2.41. The van der Waals surface area contributed by atoms with Crippen LogP contribution < -0.4 is 16.8 Å². The minimum atomic E-state index is 0.333. The fourth-order valence-electron chi connectivity index (χ4n) is 2.41. The van der Waals surface area contributed by atoms with Crippen molar-refractivity contribution in [3.63, 3.8) is 0 Å². The van der Waals surface area contributed by atoms with Gasteiger partial charge in [0, 0.05) is 49.7 Å². The Balaban J connectivity index is 1.76. The number of pyridine rings is 1. The molecule has 3 aromatic heterocycles. The zero-order valence-corrected chi connectivity index (χ0v) is 14.6. The lowest BCUT2D eigenvalue weighted by atomic mass is 10.2. The normalized spacial score (nSPS) is 12.1. The summed E-state index contributed by atoms with van der Waals surface area (Å²) in [7, 11) is 0. The molecule has 0 radical (unpaired) electrons. The predicted molar refractivity (Wildman–Crippen MR) is 105 cm³/mol. The largest absolute Gasteiger partial charge is 0.404 e. The average molecular weight is 350 g/mol. The van der Waals surface area contributed by atoms with Crippen LogP contribution in [0.25, 0.3) is 11.2 Å². The van der Waals surface area contributed by atoms with E-state index < -0.39 is 0 Å². The average Bonchev–Trinajstić information content (AvgIpc) is 3.13. The van der Waals surface area contributed by atoms with Crippen LogP contribution >= 0.6 is 0 Å². The third-order valence-corrected chi connectivity index (χ3v) is 3.77. The van der Waals surface area contributed by atoms with Crippen molar-refractivity contribution in [2.45, 2.75) is 19.9 Å². The van der Waals surface area contributed by atoms with Gasteiger partial charge in [0.15, 0.2) is 11.6 Å². The van der Waals surface area contributed by atoms with Crippen molar-refractivity contribution in [3.8, 4) is 0 Å². The summed E-state index contributed by atoms with van der Waals surface area (Å²) in [5.41, 5.74) is 15.0. The molecule has 26 heavy (non-hydrogen) atoms. The number of hydrogen-bond acceptors (Lipinski definition) is 7. The van der Waals surface area contributed by atoms with Crippen LogP contribution in [0, 0.1) is 0 Å². The number of imidazole rings is 1. The lowest BCUT2D eigenvalue weighted by Crippen LogP contribution is -2.09. The Labute approximate surface area is 151 Å². The second-order valence-corrected chi connectivity index (χ2v) is 5.73. The first-order chi connectivity index (χ1) is 12.7. The van der Waals surface area contributed by atoms with E-state index in [0.29, 0.717) is 29.4 Å². The summed E-state index contributed by atoms with van der Waals surface area (Å²) >= 11 is 0. The van der Waals surface area contributed by atoms with Gasteiger partial charge in [-0.15, -0.1) is 0 Å². The molecule has 0 aliphatic carbocycles. The maximum absolute atomic E-state index is 5.96. The number of nitrogens with one attached hydrogen (secondary N) is 1. The van der Waals surface area contributed by atoms with Crippen molar-refractivity contribution in [2.24, 2.45) is 10.7 Å². The van der Waals surface area contributed by atoms with Gasteiger partial charge in [0.05, 0.1) is 11.9 Å². The predicted octanol–water partition coefficient (Wildman–Crippen LogP) is 2.10. The Morgan fingerprint density at radius 3 is 3.04 bits per heavy atom. The van der Waals surface area contributed by atoms with E-state index in [9.17, 15) is 0 Å². The van der Waals surface area contributed by atoms with Gasteiger partial charge in [0.2, 0.25) is 0 Å². The highest BCUT2D eigenvalue weighted by Crippen LogP contribution is 2.17. The summed E-state index contributed by atoms with van der Waals surface area (Å²) in [5, 5.41) is 3.23. The van der Waals surface area contributed by atoms with Crippen molar-refractivity contribution in [1.82, 2.24) is 19.4 Å². The molecule has 0 bridgehead atoms. The van der Waals surface area contributed by atoms with E-state index in [4.69, 9.17) is 11.5 Å². The number of nitrogen functional groups attached to an aromatic ring is 1. The minimum Gasteiger partial charge on any atom is -0.404 e. The maximum Gasteiger partial charge on any atom is 0.169 e. The van der Waals surface area contributed by atoms with Gasteiger partial charge in [0.25, 0.3) is 0 Å². The van der Waals surface area contributed by atoms with Gasteiger partial charge in [-0.1, -0.05) is 13.0 Å². The quantitative estimate of drug-likeness (QED) is 0.561. The van der Waals surface area contributed by atoms with E-state index >= 15 is 0 Å². The Morgan fingerprint density at radius 2 is 2.23 bits per heavy atom. The number of aromatic nitrogens is 4. The molecule has 134 valence electrons. The molecule has 5 N–H and O–H groups in total. The number of fused-ring (bicyclic) bond motifs is 1. The lowest BCUT2D eigenvalue weighted by molar-refractivity contribution is 0.937. The zero-order valence-electron chi connectivity index (χ0n) is 14.6. The van der Waals surface area contributed by atoms with Crippen molar-refractivity contribution in [1.29, 1.82) is 0 Å². The maximum atomic E-state index is 5.96. The van der Waals surface area contributed by atoms with Crippen LogP contribution in [0.2, 0.25) is 0 Å². The molecule has 0 fully saturated rings. The van der Waals surface area contributed by atoms with Gasteiger partial charge in [-0.2, -0.15) is 0 Å². The third kappa shape index (κ3) is 3.97. The van der Waals surface area contributed by atoms with Crippen molar-refractivity contribution >= 4 is 29.1 Å². The van der Waals surface area contributed by atoms with Crippen LogP contribution in [0.1, 0.15) is 24.6 Å². The zero-order chi connectivity index (χ0) is 18.4. The number of nitrogens with zero attached hydrogens (tertiary/aromatic N) is 5. The molecule has 8 nitrogen and oxygen atoms in total. The number of allylic oxidation sites excluding steroid dienone is 1. The van der Waals surface area contributed by atoms with E-state index in [1.165, 1.54) is 6.20 Å². The molecule has 0 aliphatic heterocycles. The Morgan fingerprint density at radius 1 is 1.35 bits per heavy atom. The molecule has 0 spiro atoms. The first-order valence-electron chi connectivity index (χ1n) is 8.41. The van der Waals surface area contributed by atoms with Gasteiger partial charge in [-0.3, -0.25) is 4.99 Å². The summed E-state index contributed by atoms with van der Waals surface area (Å²) in [4.78, 5) is 17.3. The smallest absolute Gasteiger partial charge is 0.169 e. The second kappa shape index (κ2) is 8.11. The van der Waals surface area contributed by atoms with Crippen LogP contribution in [-0.2, 0) is 6.54 Å². The Hall–Kier alpha value is -3.42. The highest BCUT2D eigenvalue weighted by molar-refractivity contribution is 6.08. The highest BCUT2D eigenvalue weighted by Gasteiger charge is 2.08. The van der Waals surface area contributed by atoms with Crippen LogP contribution in [0.5, 0.6) is 0 Å². The number of nitrogens with two attached hydrogens (primary N) is 2. The molecule has 0 unspecified atom stereocenters. The topological polar surface area (TPSA) is 120 Å². The second-order valence-electron chi connectivity index (χ2n) is 5.73. The van der Waals surface area contributed by atoms with Crippen molar-refractivity contribution in [2.75, 3.05) is 17.6 Å². The molecule has 0 saturated carbocycles. The molecule has 3 heterocycles. The fraction of sp³-hybridized carbons (Fsp3) is 0.222. The third-order valence-electron chi connectivity index (χ3n) is 3.77. The Kier molecular flexibility index (Phi) is 5.43. The molecule has 0 atom stereocenters. The van der Waals surface area contributed by atoms with E-state index in [0.717, 1.165) is 24.2 Å². The number of aliphatic imine (C=N–C) groups is 1. The van der Waals surface area contributed by atoms with E-state index in [1.54, 1.807) is 18.6 Å². The number of hydrogen-bond donors (Lipinski definition) is 3. The van der Waals surface area contributed by atoms with Gasteiger partial charge in [-0.05, 0) is 18.1 Å².